The molecule has 0 aromatic carbocycles. The van der Waals surface area contributed by atoms with Crippen molar-refractivity contribution in [2.75, 3.05) is 12.4 Å². The number of epoxide rings is 1. The Morgan fingerprint density at radius 2 is 2.50 bits per heavy atom. The molecule has 0 aromatic heterocycles. The maximum Gasteiger partial charge on any atom is 0.0818 e. The van der Waals surface area contributed by atoms with Gasteiger partial charge in [0, 0.05) is 5.75 Å². The first-order valence-electron chi connectivity index (χ1n) is 2.46. The minimum Gasteiger partial charge on any atom is -0.772 e. The Labute approximate surface area is 50.3 Å². The highest BCUT2D eigenvalue weighted by Crippen LogP contribution is 2.12. The van der Waals surface area contributed by atoms with E-state index in [1.165, 1.54) is 0 Å². The van der Waals surface area contributed by atoms with Crippen LogP contribution in [0.3, 0.4) is 0 Å². The summed E-state index contributed by atoms with van der Waals surface area (Å²) in [5.74, 6) is 0.241. The zero-order valence-corrected chi connectivity index (χ0v) is 5.15. The minimum absolute atomic E-state index is 0.241. The average molecular weight is 135 g/mol. The van der Waals surface area contributed by atoms with Gasteiger partial charge in [0.05, 0.1) is 12.7 Å². The second-order valence-electron chi connectivity index (χ2n) is 1.75. The summed E-state index contributed by atoms with van der Waals surface area (Å²) in [4.78, 5) is 0. The van der Waals surface area contributed by atoms with Crippen molar-refractivity contribution in [2.24, 2.45) is 0 Å². The van der Waals surface area contributed by atoms with E-state index in [4.69, 9.17) is 4.74 Å². The van der Waals surface area contributed by atoms with Gasteiger partial charge in [-0.2, -0.15) is 0 Å². The van der Waals surface area contributed by atoms with E-state index in [0.29, 0.717) is 6.42 Å². The van der Waals surface area contributed by atoms with E-state index in [9.17, 15) is 8.76 Å². The molecule has 0 aliphatic carbocycles. The van der Waals surface area contributed by atoms with Gasteiger partial charge < -0.3 is 9.29 Å². The fraction of sp³-hybridized carbons (Fsp3) is 1.00. The van der Waals surface area contributed by atoms with Gasteiger partial charge in [0.25, 0.3) is 0 Å². The first-order valence-corrected chi connectivity index (χ1v) is 3.71. The smallest absolute Gasteiger partial charge is 0.0818 e. The zero-order chi connectivity index (χ0) is 5.98. The number of hydrogen-bond donors (Lipinski definition) is 0. The Bertz CT molecular complexity index is 99.5. The molecule has 8 heavy (non-hydrogen) atoms. The maximum atomic E-state index is 9.88. The van der Waals surface area contributed by atoms with Crippen LogP contribution in [-0.2, 0) is 15.8 Å². The lowest BCUT2D eigenvalue weighted by Crippen LogP contribution is -1.98. The van der Waals surface area contributed by atoms with Crippen LogP contribution in [-0.4, -0.2) is 27.2 Å². The number of hydrogen-bond acceptors (Lipinski definition) is 3. The molecule has 1 aliphatic heterocycles. The van der Waals surface area contributed by atoms with Crippen LogP contribution in [0.15, 0.2) is 0 Å². The Balaban J connectivity index is 1.95. The van der Waals surface area contributed by atoms with Crippen molar-refractivity contribution in [2.45, 2.75) is 12.5 Å². The van der Waals surface area contributed by atoms with Crippen LogP contribution in [0.4, 0.5) is 0 Å². The predicted octanol–water partition coefficient (Wildman–Crippen LogP) is -0.346. The van der Waals surface area contributed by atoms with Gasteiger partial charge in [0.1, 0.15) is 0 Å². The van der Waals surface area contributed by atoms with Crippen molar-refractivity contribution in [3.63, 3.8) is 0 Å². The van der Waals surface area contributed by atoms with Gasteiger partial charge in [-0.05, 0) is 6.42 Å². The van der Waals surface area contributed by atoms with E-state index >= 15 is 0 Å². The normalized spacial score (nSPS) is 29.9. The molecule has 1 saturated heterocycles. The molecule has 3 nitrogen and oxygen atoms in total. The SMILES string of the molecule is O=S([O-])CCC1CO1. The molecule has 2 unspecified atom stereocenters. The van der Waals surface area contributed by atoms with Crippen molar-refractivity contribution >= 4 is 11.1 Å². The fourth-order valence-electron chi connectivity index (χ4n) is 0.462. The summed E-state index contributed by atoms with van der Waals surface area (Å²) >= 11 is -1.88. The summed E-state index contributed by atoms with van der Waals surface area (Å²) < 4.78 is 24.5. The zero-order valence-electron chi connectivity index (χ0n) is 4.33. The van der Waals surface area contributed by atoms with E-state index in [0.717, 1.165) is 6.61 Å². The van der Waals surface area contributed by atoms with Gasteiger partial charge >= 0.3 is 0 Å². The molecule has 0 radical (unpaired) electrons. The molecular formula is C4H7O3S-. The van der Waals surface area contributed by atoms with E-state index in [2.05, 4.69) is 0 Å². The monoisotopic (exact) mass is 135 g/mol. The molecule has 2 atom stereocenters. The number of rotatable bonds is 3. The highest BCUT2D eigenvalue weighted by Gasteiger charge is 2.21. The molecule has 0 saturated carbocycles. The highest BCUT2D eigenvalue weighted by atomic mass is 32.2. The van der Waals surface area contributed by atoms with Gasteiger partial charge in [0.2, 0.25) is 0 Å². The van der Waals surface area contributed by atoms with Crippen molar-refractivity contribution < 1.29 is 13.5 Å². The van der Waals surface area contributed by atoms with E-state index in [-0.39, 0.29) is 11.9 Å². The van der Waals surface area contributed by atoms with Crippen LogP contribution in [0, 0.1) is 0 Å². The number of ether oxygens (including phenoxy) is 1. The molecule has 0 bridgehead atoms. The lowest BCUT2D eigenvalue weighted by Gasteiger charge is -1.99. The van der Waals surface area contributed by atoms with Crippen LogP contribution >= 0.6 is 0 Å². The minimum atomic E-state index is -1.88. The van der Waals surface area contributed by atoms with Gasteiger partial charge in [0.15, 0.2) is 0 Å². The molecule has 1 fully saturated rings. The fourth-order valence-corrected chi connectivity index (χ4v) is 0.918. The molecule has 1 aliphatic rings. The second-order valence-corrected chi connectivity index (χ2v) is 2.77. The van der Waals surface area contributed by atoms with Gasteiger partial charge in [-0.3, -0.25) is 4.21 Å². The third-order valence-corrected chi connectivity index (χ3v) is 1.58. The first-order chi connectivity index (χ1) is 3.79. The average Bonchev–Trinajstić information content (AvgIpc) is 2.41. The molecule has 0 aromatic rings. The van der Waals surface area contributed by atoms with Gasteiger partial charge in [-0.15, -0.1) is 0 Å². The summed E-state index contributed by atoms with van der Waals surface area (Å²) in [6, 6.07) is 0. The lowest BCUT2D eigenvalue weighted by atomic mass is 10.4. The van der Waals surface area contributed by atoms with Crippen LogP contribution < -0.4 is 0 Å². The lowest BCUT2D eigenvalue weighted by molar-refractivity contribution is 0.402. The molecule has 0 N–H and O–H groups in total. The molecule has 1 heterocycles. The third-order valence-electron chi connectivity index (χ3n) is 1.01. The molecule has 0 spiro atoms. The molecule has 0 amide bonds. The van der Waals surface area contributed by atoms with Crippen molar-refractivity contribution in [1.29, 1.82) is 0 Å². The largest absolute Gasteiger partial charge is 0.772 e. The van der Waals surface area contributed by atoms with E-state index < -0.39 is 11.1 Å². The summed E-state index contributed by atoms with van der Waals surface area (Å²) in [5, 5.41) is 0. The van der Waals surface area contributed by atoms with Crippen LogP contribution in [0.2, 0.25) is 0 Å². The summed E-state index contributed by atoms with van der Waals surface area (Å²) in [5.41, 5.74) is 0. The Hall–Kier alpha value is 0.0700. The Morgan fingerprint density at radius 3 is 2.88 bits per heavy atom. The van der Waals surface area contributed by atoms with Gasteiger partial charge in [-0.1, -0.05) is 11.1 Å². The summed E-state index contributed by atoms with van der Waals surface area (Å²) in [6.07, 6.45) is 0.906. The van der Waals surface area contributed by atoms with Crippen LogP contribution in [0.1, 0.15) is 6.42 Å². The van der Waals surface area contributed by atoms with Crippen molar-refractivity contribution in [3.8, 4) is 0 Å². The molecule has 1 rings (SSSR count). The van der Waals surface area contributed by atoms with Crippen LogP contribution in [0.5, 0.6) is 0 Å². The molecule has 4 heteroatoms. The van der Waals surface area contributed by atoms with E-state index in [1.807, 2.05) is 0 Å². The summed E-state index contributed by atoms with van der Waals surface area (Å²) in [6.45, 7) is 0.747. The molecule has 48 valence electrons. The van der Waals surface area contributed by atoms with Crippen LogP contribution in [0.25, 0.3) is 0 Å². The Morgan fingerprint density at radius 1 is 1.88 bits per heavy atom. The standard InChI is InChI=1S/C4H8O3S/c5-8(6)2-1-4-3-7-4/h4H,1-3H2,(H,5,6)/p-1. The Kier molecular flexibility index (Phi) is 1.99. The topological polar surface area (TPSA) is 52.7 Å². The second kappa shape index (κ2) is 2.57. The highest BCUT2D eigenvalue weighted by molar-refractivity contribution is 7.79. The van der Waals surface area contributed by atoms with Gasteiger partial charge in [-0.25, -0.2) is 0 Å². The first kappa shape index (κ1) is 6.19. The maximum absolute atomic E-state index is 9.88. The summed E-state index contributed by atoms with van der Waals surface area (Å²) in [7, 11) is 0. The van der Waals surface area contributed by atoms with Crippen molar-refractivity contribution in [1.82, 2.24) is 0 Å². The molecular weight excluding hydrogens is 128 g/mol. The van der Waals surface area contributed by atoms with E-state index in [1.54, 1.807) is 0 Å². The quantitative estimate of drug-likeness (QED) is 0.393. The van der Waals surface area contributed by atoms with Crippen molar-refractivity contribution in [3.05, 3.63) is 0 Å². The third kappa shape index (κ3) is 2.40. The predicted molar refractivity (Wildman–Crippen MR) is 28.1 cm³/mol.